The minimum Gasteiger partial charge on any atom is -0.493 e. The molecule has 0 unspecified atom stereocenters. The third-order valence-electron chi connectivity index (χ3n) is 7.92. The van der Waals surface area contributed by atoms with Crippen molar-refractivity contribution in [3.8, 4) is 11.5 Å². The number of thiophene rings is 1. The van der Waals surface area contributed by atoms with Crippen LogP contribution in [-0.4, -0.2) is 55.0 Å². The van der Waals surface area contributed by atoms with Gasteiger partial charge >= 0.3 is 0 Å². The summed E-state index contributed by atoms with van der Waals surface area (Å²) in [7, 11) is 3.27. The van der Waals surface area contributed by atoms with E-state index in [0.717, 1.165) is 56.9 Å². The summed E-state index contributed by atoms with van der Waals surface area (Å²) < 4.78 is 10.9. The molecule has 1 aromatic heterocycles. The van der Waals surface area contributed by atoms with Crippen LogP contribution < -0.4 is 9.47 Å². The van der Waals surface area contributed by atoms with Crippen LogP contribution in [0.3, 0.4) is 0 Å². The Morgan fingerprint density at radius 2 is 1.62 bits per heavy atom. The smallest absolute Gasteiger partial charge is 0.242 e. The van der Waals surface area contributed by atoms with E-state index < -0.39 is 0 Å². The lowest BCUT2D eigenvalue weighted by Crippen LogP contribution is -2.50. The zero-order valence-corrected chi connectivity index (χ0v) is 23.5. The van der Waals surface area contributed by atoms with E-state index in [1.165, 1.54) is 16.2 Å². The summed E-state index contributed by atoms with van der Waals surface area (Å²) in [6.45, 7) is 3.44. The van der Waals surface area contributed by atoms with Crippen LogP contribution >= 0.6 is 11.3 Å². The predicted octanol–water partition coefficient (Wildman–Crippen LogP) is 6.00. The minimum atomic E-state index is 0.0449. The molecule has 6 nitrogen and oxygen atoms in total. The summed E-state index contributed by atoms with van der Waals surface area (Å²) in [6.07, 6.45) is 10.4. The lowest BCUT2D eigenvalue weighted by atomic mass is 9.92. The van der Waals surface area contributed by atoms with E-state index in [4.69, 9.17) is 9.47 Å². The lowest BCUT2D eigenvalue weighted by molar-refractivity contribution is -0.146. The number of ether oxygens (including phenoxy) is 2. The van der Waals surface area contributed by atoms with Crippen molar-refractivity contribution in [1.29, 1.82) is 0 Å². The summed E-state index contributed by atoms with van der Waals surface area (Å²) in [5.41, 5.74) is 1.09. The van der Waals surface area contributed by atoms with Gasteiger partial charge in [-0.15, -0.1) is 11.3 Å². The molecule has 2 aromatic rings. The van der Waals surface area contributed by atoms with E-state index in [0.29, 0.717) is 31.0 Å². The summed E-state index contributed by atoms with van der Waals surface area (Å²) >= 11 is 1.73. The van der Waals surface area contributed by atoms with E-state index in [2.05, 4.69) is 19.1 Å². The number of hydrogen-bond donors (Lipinski definition) is 0. The molecule has 37 heavy (non-hydrogen) atoms. The second-order valence-corrected chi connectivity index (χ2v) is 11.9. The average Bonchev–Trinajstić information content (AvgIpc) is 3.61. The Balaban J connectivity index is 1.51. The number of methoxy groups -OCH3 is 2. The average molecular weight is 527 g/mol. The molecule has 2 aliphatic rings. The quantitative estimate of drug-likeness (QED) is 0.361. The van der Waals surface area contributed by atoms with Gasteiger partial charge in [0.2, 0.25) is 11.8 Å². The summed E-state index contributed by atoms with van der Waals surface area (Å²) in [5, 5.41) is 0. The van der Waals surface area contributed by atoms with Crippen LogP contribution in [0.15, 0.2) is 30.3 Å². The van der Waals surface area contributed by atoms with E-state index in [1.807, 2.05) is 28.0 Å². The van der Waals surface area contributed by atoms with Gasteiger partial charge in [0.05, 0.1) is 20.8 Å². The highest BCUT2D eigenvalue weighted by Gasteiger charge is 2.34. The molecule has 202 valence electrons. The topological polar surface area (TPSA) is 59.1 Å². The third kappa shape index (κ3) is 7.28. The fourth-order valence-electron chi connectivity index (χ4n) is 5.78. The van der Waals surface area contributed by atoms with Crippen molar-refractivity contribution in [3.05, 3.63) is 45.6 Å². The van der Waals surface area contributed by atoms with Gasteiger partial charge in [-0.25, -0.2) is 0 Å². The molecular weight excluding hydrogens is 484 g/mol. The van der Waals surface area contributed by atoms with Crippen molar-refractivity contribution in [2.24, 2.45) is 5.92 Å². The summed E-state index contributed by atoms with van der Waals surface area (Å²) in [6, 6.07) is 10.3. The molecule has 2 saturated carbocycles. The van der Waals surface area contributed by atoms with Crippen molar-refractivity contribution in [2.45, 2.75) is 83.7 Å². The van der Waals surface area contributed by atoms with Crippen LogP contribution in [0.25, 0.3) is 0 Å². The molecule has 0 N–H and O–H groups in total. The number of hydrogen-bond acceptors (Lipinski definition) is 5. The zero-order valence-electron chi connectivity index (χ0n) is 22.7. The number of amides is 2. The molecule has 1 aromatic carbocycles. The Morgan fingerprint density at radius 1 is 0.919 bits per heavy atom. The van der Waals surface area contributed by atoms with Crippen LogP contribution in [0.2, 0.25) is 0 Å². The molecule has 2 amide bonds. The first-order valence-corrected chi connectivity index (χ1v) is 14.6. The molecular formula is C30H42N2O4S. The Bertz CT molecular complexity index is 1040. The second-order valence-electron chi connectivity index (χ2n) is 10.5. The van der Waals surface area contributed by atoms with Crippen molar-refractivity contribution in [2.75, 3.05) is 27.3 Å². The first-order chi connectivity index (χ1) is 18.0. The Labute approximate surface area is 225 Å². The van der Waals surface area contributed by atoms with Gasteiger partial charge in [0.1, 0.15) is 6.54 Å². The fraction of sp³-hybridized carbons (Fsp3) is 0.600. The first-order valence-electron chi connectivity index (χ1n) is 13.8. The van der Waals surface area contributed by atoms with Gasteiger partial charge in [-0.2, -0.15) is 0 Å². The molecule has 4 rings (SSSR count). The van der Waals surface area contributed by atoms with Crippen LogP contribution in [0.5, 0.6) is 11.5 Å². The number of benzene rings is 1. The van der Waals surface area contributed by atoms with Crippen LogP contribution in [0, 0.1) is 12.8 Å². The molecule has 0 aliphatic heterocycles. The van der Waals surface area contributed by atoms with Crippen LogP contribution in [0.1, 0.15) is 73.1 Å². The number of nitrogens with zero attached hydrogens (tertiary/aromatic N) is 2. The number of carbonyl (C=O) groups excluding carboxylic acids is 2. The van der Waals surface area contributed by atoms with Crippen molar-refractivity contribution in [1.82, 2.24) is 9.80 Å². The number of carbonyl (C=O) groups is 2. The van der Waals surface area contributed by atoms with Crippen molar-refractivity contribution < 1.29 is 19.1 Å². The monoisotopic (exact) mass is 526 g/mol. The molecule has 0 saturated heterocycles. The molecule has 0 atom stereocenters. The predicted molar refractivity (Wildman–Crippen MR) is 148 cm³/mol. The highest BCUT2D eigenvalue weighted by Crippen LogP contribution is 2.31. The second kappa shape index (κ2) is 13.3. The van der Waals surface area contributed by atoms with Gasteiger partial charge in [-0.3, -0.25) is 9.59 Å². The van der Waals surface area contributed by atoms with E-state index >= 15 is 0 Å². The SMILES string of the molecule is COc1ccc(CCN(Cc2ccc(C)s2)C(=O)CN(C(=O)C2CCCC2)C2CCCCC2)cc1OC. The molecule has 1 heterocycles. The standard InChI is InChI=1S/C30H42N2O4S/c1-22-13-15-26(37-22)20-31(18-17-23-14-16-27(35-2)28(19-23)36-3)29(33)21-32(25-11-5-4-6-12-25)30(34)24-9-7-8-10-24/h13-16,19,24-25H,4-12,17-18,20-21H2,1-3H3. The zero-order chi connectivity index (χ0) is 26.2. The highest BCUT2D eigenvalue weighted by molar-refractivity contribution is 7.11. The Kier molecular flexibility index (Phi) is 9.89. The summed E-state index contributed by atoms with van der Waals surface area (Å²) in [4.78, 5) is 33.8. The van der Waals surface area contributed by atoms with Crippen molar-refractivity contribution in [3.63, 3.8) is 0 Å². The Morgan fingerprint density at radius 3 is 2.27 bits per heavy atom. The molecule has 0 spiro atoms. The van der Waals surface area contributed by atoms with Gasteiger partial charge in [0, 0.05) is 28.3 Å². The fourth-order valence-corrected chi connectivity index (χ4v) is 6.69. The van der Waals surface area contributed by atoms with E-state index in [1.54, 1.807) is 25.6 Å². The number of rotatable bonds is 11. The first kappa shape index (κ1) is 27.5. The Hall–Kier alpha value is -2.54. The van der Waals surface area contributed by atoms with Gasteiger partial charge < -0.3 is 19.3 Å². The molecule has 0 radical (unpaired) electrons. The molecule has 2 aliphatic carbocycles. The minimum absolute atomic E-state index is 0.0449. The van der Waals surface area contributed by atoms with Crippen LogP contribution in [0.4, 0.5) is 0 Å². The lowest BCUT2D eigenvalue weighted by Gasteiger charge is -2.37. The maximum absolute atomic E-state index is 13.9. The molecule has 0 bridgehead atoms. The van der Waals surface area contributed by atoms with Crippen molar-refractivity contribution >= 4 is 23.2 Å². The third-order valence-corrected chi connectivity index (χ3v) is 8.91. The van der Waals surface area contributed by atoms with Gasteiger partial charge in [-0.05, 0) is 68.9 Å². The highest BCUT2D eigenvalue weighted by atomic mass is 32.1. The van der Waals surface area contributed by atoms with Gasteiger partial charge in [0.25, 0.3) is 0 Å². The molecule has 7 heteroatoms. The largest absolute Gasteiger partial charge is 0.493 e. The van der Waals surface area contributed by atoms with Gasteiger partial charge in [0.15, 0.2) is 11.5 Å². The molecule has 2 fully saturated rings. The summed E-state index contributed by atoms with van der Waals surface area (Å²) in [5.74, 6) is 1.74. The maximum atomic E-state index is 13.9. The van der Waals surface area contributed by atoms with Crippen LogP contribution in [-0.2, 0) is 22.6 Å². The van der Waals surface area contributed by atoms with E-state index in [-0.39, 0.29) is 30.3 Å². The van der Waals surface area contributed by atoms with Gasteiger partial charge in [-0.1, -0.05) is 38.2 Å². The normalized spacial score (nSPS) is 16.5. The maximum Gasteiger partial charge on any atom is 0.242 e. The number of aryl methyl sites for hydroxylation is 1. The van der Waals surface area contributed by atoms with E-state index in [9.17, 15) is 9.59 Å².